The zero-order chi connectivity index (χ0) is 12.3. The number of aromatic nitrogens is 3. The molecular weight excluding hydrogens is 212 g/mol. The Morgan fingerprint density at radius 1 is 1.47 bits per heavy atom. The number of likely N-dealkylation sites (N-methyl/N-ethyl adjacent to an activating group) is 1. The van der Waals surface area contributed by atoms with E-state index in [-0.39, 0.29) is 0 Å². The van der Waals surface area contributed by atoms with Gasteiger partial charge in [-0.25, -0.2) is 9.67 Å². The molecule has 17 heavy (non-hydrogen) atoms. The Hall–Kier alpha value is -0.900. The molecule has 1 unspecified atom stereocenters. The lowest BCUT2D eigenvalue weighted by Crippen LogP contribution is -2.39. The lowest BCUT2D eigenvalue weighted by Gasteiger charge is -2.33. The monoisotopic (exact) mass is 236 g/mol. The van der Waals surface area contributed by atoms with Crippen molar-refractivity contribution >= 4 is 0 Å². The van der Waals surface area contributed by atoms with Crippen LogP contribution in [-0.2, 0) is 13.0 Å². The summed E-state index contributed by atoms with van der Waals surface area (Å²) >= 11 is 0. The summed E-state index contributed by atoms with van der Waals surface area (Å²) in [5.41, 5.74) is 0. The Kier molecular flexibility index (Phi) is 4.15. The second kappa shape index (κ2) is 5.63. The van der Waals surface area contributed by atoms with Gasteiger partial charge in [0.1, 0.15) is 12.2 Å². The molecule has 0 aromatic carbocycles. The molecule has 1 aliphatic rings. The predicted octanol–water partition coefficient (Wildman–Crippen LogP) is 1.86. The van der Waals surface area contributed by atoms with E-state index in [0.29, 0.717) is 12.0 Å². The molecule has 1 fully saturated rings. The van der Waals surface area contributed by atoms with E-state index in [9.17, 15) is 0 Å². The van der Waals surface area contributed by atoms with Crippen LogP contribution in [0, 0.1) is 11.8 Å². The summed E-state index contributed by atoms with van der Waals surface area (Å²) in [5.74, 6) is 2.58. The van der Waals surface area contributed by atoms with Gasteiger partial charge in [0.05, 0.1) is 0 Å². The number of hydrogen-bond acceptors (Lipinski definition) is 3. The van der Waals surface area contributed by atoms with E-state index >= 15 is 0 Å². The number of nitrogens with zero attached hydrogens (tertiary/aromatic N) is 3. The van der Waals surface area contributed by atoms with Crippen molar-refractivity contribution in [3.8, 4) is 0 Å². The lowest BCUT2D eigenvalue weighted by atomic mass is 9.78. The fourth-order valence-electron chi connectivity index (χ4n) is 2.49. The van der Waals surface area contributed by atoms with Gasteiger partial charge in [0.15, 0.2) is 0 Å². The molecule has 0 spiro atoms. The molecule has 1 saturated carbocycles. The van der Waals surface area contributed by atoms with Crippen LogP contribution < -0.4 is 5.32 Å². The number of nitrogens with one attached hydrogen (secondary N) is 1. The highest BCUT2D eigenvalue weighted by atomic mass is 15.3. The molecule has 0 bridgehead atoms. The summed E-state index contributed by atoms with van der Waals surface area (Å²) in [6.07, 6.45) is 6.81. The van der Waals surface area contributed by atoms with Gasteiger partial charge in [-0.1, -0.05) is 20.3 Å². The molecule has 0 saturated heterocycles. The van der Waals surface area contributed by atoms with Crippen molar-refractivity contribution in [2.24, 2.45) is 11.8 Å². The second-order valence-corrected chi connectivity index (χ2v) is 5.54. The Labute approximate surface area is 104 Å². The van der Waals surface area contributed by atoms with Gasteiger partial charge in [0, 0.05) is 19.0 Å². The highest BCUT2D eigenvalue weighted by molar-refractivity contribution is 4.94. The highest BCUT2D eigenvalue weighted by Crippen LogP contribution is 2.30. The molecule has 0 aliphatic heterocycles. The van der Waals surface area contributed by atoms with E-state index in [1.165, 1.54) is 19.3 Å². The van der Waals surface area contributed by atoms with E-state index in [0.717, 1.165) is 24.7 Å². The van der Waals surface area contributed by atoms with Crippen LogP contribution in [0.1, 0.15) is 38.9 Å². The third kappa shape index (κ3) is 3.06. The van der Waals surface area contributed by atoms with Crippen molar-refractivity contribution < 1.29 is 0 Å². The minimum Gasteiger partial charge on any atom is -0.316 e. The van der Waals surface area contributed by atoms with Gasteiger partial charge in [-0.3, -0.25) is 0 Å². The highest BCUT2D eigenvalue weighted by Gasteiger charge is 2.27. The molecule has 1 aromatic rings. The molecule has 96 valence electrons. The lowest BCUT2D eigenvalue weighted by molar-refractivity contribution is 0.231. The summed E-state index contributed by atoms with van der Waals surface area (Å²) in [7, 11) is 2.06. The van der Waals surface area contributed by atoms with Gasteiger partial charge in [-0.05, 0) is 31.7 Å². The van der Waals surface area contributed by atoms with Gasteiger partial charge in [0.25, 0.3) is 0 Å². The van der Waals surface area contributed by atoms with Gasteiger partial charge in [-0.2, -0.15) is 5.10 Å². The average Bonchev–Trinajstić information content (AvgIpc) is 2.61. The molecule has 1 heterocycles. The molecule has 1 N–H and O–H groups in total. The SMILES string of the molecule is CNC(Cc1ncnn1CC(C)C)C1CCC1. The third-order valence-electron chi connectivity index (χ3n) is 3.73. The zero-order valence-electron chi connectivity index (χ0n) is 11.2. The maximum Gasteiger partial charge on any atom is 0.138 e. The van der Waals surface area contributed by atoms with Crippen LogP contribution in [0.2, 0.25) is 0 Å². The van der Waals surface area contributed by atoms with E-state index in [1.54, 1.807) is 6.33 Å². The smallest absolute Gasteiger partial charge is 0.138 e. The second-order valence-electron chi connectivity index (χ2n) is 5.54. The summed E-state index contributed by atoms with van der Waals surface area (Å²) < 4.78 is 2.06. The standard InChI is InChI=1S/C13H24N4/c1-10(2)8-17-13(15-9-16-17)7-12(14-3)11-5-4-6-11/h9-12,14H,4-8H2,1-3H3. The van der Waals surface area contributed by atoms with Gasteiger partial charge in [0.2, 0.25) is 0 Å². The Balaban J connectivity index is 1.98. The normalized spacial score (nSPS) is 18.4. The molecule has 4 nitrogen and oxygen atoms in total. The van der Waals surface area contributed by atoms with Crippen molar-refractivity contribution in [1.29, 1.82) is 0 Å². The predicted molar refractivity (Wildman–Crippen MR) is 68.8 cm³/mol. The van der Waals surface area contributed by atoms with Crippen molar-refractivity contribution in [1.82, 2.24) is 20.1 Å². The van der Waals surface area contributed by atoms with E-state index in [2.05, 4.69) is 41.0 Å². The molecule has 0 amide bonds. The Bertz CT molecular complexity index is 341. The van der Waals surface area contributed by atoms with Crippen LogP contribution in [0.5, 0.6) is 0 Å². The Morgan fingerprint density at radius 3 is 2.76 bits per heavy atom. The van der Waals surface area contributed by atoms with Gasteiger partial charge in [-0.15, -0.1) is 0 Å². The van der Waals surface area contributed by atoms with Crippen LogP contribution in [0.4, 0.5) is 0 Å². The molecule has 1 aromatic heterocycles. The topological polar surface area (TPSA) is 42.7 Å². The molecule has 0 radical (unpaired) electrons. The van der Waals surface area contributed by atoms with Crippen molar-refractivity contribution in [2.45, 2.75) is 52.1 Å². The molecule has 1 aliphatic carbocycles. The zero-order valence-corrected chi connectivity index (χ0v) is 11.2. The van der Waals surface area contributed by atoms with Crippen molar-refractivity contribution in [3.05, 3.63) is 12.2 Å². The van der Waals surface area contributed by atoms with Gasteiger partial charge < -0.3 is 5.32 Å². The first-order chi connectivity index (χ1) is 8.20. The minimum absolute atomic E-state index is 0.568. The van der Waals surface area contributed by atoms with E-state index in [1.807, 2.05) is 0 Å². The Morgan fingerprint density at radius 2 is 2.24 bits per heavy atom. The molecule has 1 atom stereocenters. The third-order valence-corrected chi connectivity index (χ3v) is 3.73. The van der Waals surface area contributed by atoms with Crippen LogP contribution in [0.25, 0.3) is 0 Å². The van der Waals surface area contributed by atoms with Gasteiger partial charge >= 0.3 is 0 Å². The number of hydrogen-bond donors (Lipinski definition) is 1. The van der Waals surface area contributed by atoms with Crippen LogP contribution in [-0.4, -0.2) is 27.9 Å². The summed E-state index contributed by atoms with van der Waals surface area (Å²) in [5, 5.41) is 7.77. The summed E-state index contributed by atoms with van der Waals surface area (Å²) in [6.45, 7) is 5.40. The van der Waals surface area contributed by atoms with E-state index in [4.69, 9.17) is 0 Å². The minimum atomic E-state index is 0.568. The summed E-state index contributed by atoms with van der Waals surface area (Å²) in [4.78, 5) is 4.41. The molecular formula is C13H24N4. The fraction of sp³-hybridized carbons (Fsp3) is 0.846. The largest absolute Gasteiger partial charge is 0.316 e. The van der Waals surface area contributed by atoms with E-state index < -0.39 is 0 Å². The summed E-state index contributed by atoms with van der Waals surface area (Å²) in [6, 6.07) is 0.568. The first-order valence-corrected chi connectivity index (χ1v) is 6.74. The maximum absolute atomic E-state index is 4.41. The maximum atomic E-state index is 4.41. The number of rotatable bonds is 6. The molecule has 4 heteroatoms. The van der Waals surface area contributed by atoms with Crippen molar-refractivity contribution in [3.63, 3.8) is 0 Å². The average molecular weight is 236 g/mol. The fourth-order valence-corrected chi connectivity index (χ4v) is 2.49. The van der Waals surface area contributed by atoms with Crippen LogP contribution in [0.3, 0.4) is 0 Å². The first-order valence-electron chi connectivity index (χ1n) is 6.74. The van der Waals surface area contributed by atoms with Crippen LogP contribution in [0.15, 0.2) is 6.33 Å². The molecule has 2 rings (SSSR count). The van der Waals surface area contributed by atoms with Crippen LogP contribution >= 0.6 is 0 Å². The quantitative estimate of drug-likeness (QED) is 0.820. The first kappa shape index (κ1) is 12.6. The van der Waals surface area contributed by atoms with Crippen molar-refractivity contribution in [2.75, 3.05) is 7.05 Å².